The molecule has 1 aromatic rings. The van der Waals surface area contributed by atoms with Gasteiger partial charge in [0.1, 0.15) is 0 Å². The third-order valence-electron chi connectivity index (χ3n) is 2.42. The van der Waals surface area contributed by atoms with E-state index in [0.29, 0.717) is 12.3 Å². The standard InChI is InChI=1S/C12H18OS/c1-9(2)11(13)8-12(14)10-6-4-3-5-7-10/h3-7,9,11-14H,8H2,1-2H3/t11-,12-/m1/s1. The van der Waals surface area contributed by atoms with E-state index in [1.807, 2.05) is 44.2 Å². The normalized spacial score (nSPS) is 15.5. The van der Waals surface area contributed by atoms with Crippen molar-refractivity contribution in [3.05, 3.63) is 35.9 Å². The number of rotatable bonds is 4. The van der Waals surface area contributed by atoms with Crippen molar-refractivity contribution in [1.29, 1.82) is 0 Å². The van der Waals surface area contributed by atoms with Crippen LogP contribution in [0.15, 0.2) is 30.3 Å². The minimum Gasteiger partial charge on any atom is -0.393 e. The topological polar surface area (TPSA) is 20.2 Å². The number of thiol groups is 1. The molecule has 0 heterocycles. The Morgan fingerprint density at radius 1 is 1.21 bits per heavy atom. The highest BCUT2D eigenvalue weighted by Gasteiger charge is 2.15. The second kappa shape index (κ2) is 5.42. The Bertz CT molecular complexity index is 258. The van der Waals surface area contributed by atoms with Crippen LogP contribution in [0.3, 0.4) is 0 Å². The molecule has 0 saturated carbocycles. The summed E-state index contributed by atoms with van der Waals surface area (Å²) in [6.45, 7) is 4.05. The molecule has 1 N–H and O–H groups in total. The molecule has 0 saturated heterocycles. The summed E-state index contributed by atoms with van der Waals surface area (Å²) in [4.78, 5) is 0. The Balaban J connectivity index is 2.55. The van der Waals surface area contributed by atoms with Crippen LogP contribution >= 0.6 is 12.6 Å². The van der Waals surface area contributed by atoms with E-state index in [1.54, 1.807) is 0 Å². The van der Waals surface area contributed by atoms with E-state index in [1.165, 1.54) is 5.56 Å². The average Bonchev–Trinajstić information content (AvgIpc) is 2.19. The second-order valence-electron chi connectivity index (χ2n) is 3.97. The molecule has 0 fully saturated rings. The van der Waals surface area contributed by atoms with Gasteiger partial charge in [-0.25, -0.2) is 0 Å². The summed E-state index contributed by atoms with van der Waals surface area (Å²) < 4.78 is 0. The molecule has 0 bridgehead atoms. The van der Waals surface area contributed by atoms with Crippen LogP contribution in [-0.2, 0) is 0 Å². The maximum Gasteiger partial charge on any atom is 0.0576 e. The number of hydrogen-bond donors (Lipinski definition) is 2. The molecule has 78 valence electrons. The van der Waals surface area contributed by atoms with Crippen LogP contribution in [0.5, 0.6) is 0 Å². The van der Waals surface area contributed by atoms with Crippen LogP contribution in [0.2, 0.25) is 0 Å². The fraction of sp³-hybridized carbons (Fsp3) is 0.500. The maximum absolute atomic E-state index is 9.71. The quantitative estimate of drug-likeness (QED) is 0.732. The Labute approximate surface area is 91.6 Å². The third-order valence-corrected chi connectivity index (χ3v) is 2.93. The lowest BCUT2D eigenvalue weighted by molar-refractivity contribution is 0.116. The first-order valence-corrected chi connectivity index (χ1v) is 5.54. The molecule has 1 nitrogen and oxygen atoms in total. The molecule has 1 aromatic carbocycles. The van der Waals surface area contributed by atoms with E-state index in [2.05, 4.69) is 12.6 Å². The molecular formula is C12H18OS. The van der Waals surface area contributed by atoms with Crippen molar-refractivity contribution in [1.82, 2.24) is 0 Å². The van der Waals surface area contributed by atoms with Gasteiger partial charge in [0.15, 0.2) is 0 Å². The Hall–Kier alpha value is -0.470. The molecule has 0 aliphatic rings. The van der Waals surface area contributed by atoms with Crippen molar-refractivity contribution in [2.24, 2.45) is 5.92 Å². The molecule has 0 unspecified atom stereocenters. The molecule has 0 aliphatic carbocycles. The Morgan fingerprint density at radius 2 is 1.79 bits per heavy atom. The third kappa shape index (κ3) is 3.35. The lowest BCUT2D eigenvalue weighted by atomic mass is 9.99. The molecule has 2 heteroatoms. The molecule has 2 atom stereocenters. The molecule has 0 aliphatic heterocycles. The van der Waals surface area contributed by atoms with E-state index in [0.717, 1.165) is 0 Å². The number of hydrogen-bond acceptors (Lipinski definition) is 2. The predicted octanol–water partition coefficient (Wildman–Crippen LogP) is 3.06. The summed E-state index contributed by atoms with van der Waals surface area (Å²) in [6.07, 6.45) is 0.447. The molecule has 14 heavy (non-hydrogen) atoms. The van der Waals surface area contributed by atoms with Crippen LogP contribution in [0, 0.1) is 5.92 Å². The highest BCUT2D eigenvalue weighted by Crippen LogP contribution is 2.26. The van der Waals surface area contributed by atoms with E-state index in [4.69, 9.17) is 0 Å². The van der Waals surface area contributed by atoms with Crippen molar-refractivity contribution >= 4 is 12.6 Å². The fourth-order valence-corrected chi connectivity index (χ4v) is 1.70. The van der Waals surface area contributed by atoms with Gasteiger partial charge in [-0.15, -0.1) is 0 Å². The first kappa shape index (κ1) is 11.6. The van der Waals surface area contributed by atoms with Crippen molar-refractivity contribution in [2.75, 3.05) is 0 Å². The zero-order valence-electron chi connectivity index (χ0n) is 8.72. The summed E-state index contributed by atoms with van der Waals surface area (Å²) in [6, 6.07) is 10.1. The molecule has 0 spiro atoms. The van der Waals surface area contributed by atoms with E-state index < -0.39 is 0 Å². The Morgan fingerprint density at radius 3 is 2.29 bits per heavy atom. The first-order chi connectivity index (χ1) is 6.61. The summed E-state index contributed by atoms with van der Waals surface area (Å²) >= 11 is 4.49. The SMILES string of the molecule is CC(C)[C@H](O)C[C@@H](S)c1ccccc1. The zero-order chi connectivity index (χ0) is 10.6. The molecule has 1 rings (SSSR count). The van der Waals surface area contributed by atoms with Gasteiger partial charge in [0.05, 0.1) is 6.10 Å². The minimum absolute atomic E-state index is 0.133. The first-order valence-electron chi connectivity index (χ1n) is 5.02. The molecule has 0 amide bonds. The van der Waals surface area contributed by atoms with Crippen molar-refractivity contribution in [3.63, 3.8) is 0 Å². The smallest absolute Gasteiger partial charge is 0.0576 e. The summed E-state index contributed by atoms with van der Waals surface area (Å²) in [5, 5.41) is 9.84. The molecule has 0 aromatic heterocycles. The highest BCUT2D eigenvalue weighted by atomic mass is 32.1. The van der Waals surface area contributed by atoms with Crippen LogP contribution in [0.25, 0.3) is 0 Å². The van der Waals surface area contributed by atoms with Gasteiger partial charge in [-0.2, -0.15) is 12.6 Å². The second-order valence-corrected chi connectivity index (χ2v) is 4.60. The van der Waals surface area contributed by atoms with Gasteiger partial charge in [-0.1, -0.05) is 44.2 Å². The lowest BCUT2D eigenvalue weighted by Gasteiger charge is -2.18. The van der Waals surface area contributed by atoms with Crippen LogP contribution in [0.4, 0.5) is 0 Å². The minimum atomic E-state index is -0.266. The predicted molar refractivity (Wildman–Crippen MR) is 63.6 cm³/mol. The molecular weight excluding hydrogens is 192 g/mol. The van der Waals surface area contributed by atoms with Gasteiger partial charge in [-0.05, 0) is 17.9 Å². The monoisotopic (exact) mass is 210 g/mol. The van der Waals surface area contributed by atoms with Crippen molar-refractivity contribution in [3.8, 4) is 0 Å². The zero-order valence-corrected chi connectivity index (χ0v) is 9.61. The fourth-order valence-electron chi connectivity index (χ4n) is 1.31. The molecule has 0 radical (unpaired) electrons. The average molecular weight is 210 g/mol. The Kier molecular flexibility index (Phi) is 4.49. The van der Waals surface area contributed by atoms with E-state index in [9.17, 15) is 5.11 Å². The van der Waals surface area contributed by atoms with Gasteiger partial charge in [0.2, 0.25) is 0 Å². The van der Waals surface area contributed by atoms with Gasteiger partial charge < -0.3 is 5.11 Å². The van der Waals surface area contributed by atoms with Crippen molar-refractivity contribution in [2.45, 2.75) is 31.6 Å². The summed E-state index contributed by atoms with van der Waals surface area (Å²) in [5.41, 5.74) is 1.18. The highest BCUT2D eigenvalue weighted by molar-refractivity contribution is 7.80. The van der Waals surface area contributed by atoms with Crippen LogP contribution in [0.1, 0.15) is 31.1 Å². The summed E-state index contributed by atoms with van der Waals surface area (Å²) in [7, 11) is 0. The van der Waals surface area contributed by atoms with Crippen molar-refractivity contribution < 1.29 is 5.11 Å². The number of aliphatic hydroxyl groups is 1. The number of benzene rings is 1. The maximum atomic E-state index is 9.71. The van der Waals surface area contributed by atoms with E-state index >= 15 is 0 Å². The van der Waals surface area contributed by atoms with Crippen LogP contribution in [-0.4, -0.2) is 11.2 Å². The van der Waals surface area contributed by atoms with Crippen LogP contribution < -0.4 is 0 Å². The largest absolute Gasteiger partial charge is 0.393 e. The summed E-state index contributed by atoms with van der Waals surface area (Å²) in [5.74, 6) is 0.299. The van der Waals surface area contributed by atoms with E-state index in [-0.39, 0.29) is 11.4 Å². The number of aliphatic hydroxyl groups excluding tert-OH is 1. The van der Waals surface area contributed by atoms with Gasteiger partial charge in [0.25, 0.3) is 0 Å². The van der Waals surface area contributed by atoms with Gasteiger partial charge in [-0.3, -0.25) is 0 Å². The van der Waals surface area contributed by atoms with Gasteiger partial charge in [0, 0.05) is 5.25 Å². The van der Waals surface area contributed by atoms with Gasteiger partial charge >= 0.3 is 0 Å². The lowest BCUT2D eigenvalue weighted by Crippen LogP contribution is -2.16.